The Hall–Kier alpha value is -2.73. The Morgan fingerprint density at radius 2 is 1.62 bits per heavy atom. The SMILES string of the molecule is O=C(O)c1ccccc1.O=[N+]([O-])c1ccc(CCO)cc1. The second kappa shape index (κ2) is 8.44. The van der Waals surface area contributed by atoms with Gasteiger partial charge in [-0.2, -0.15) is 0 Å². The minimum atomic E-state index is -0.879. The predicted octanol–water partition coefficient (Wildman–Crippen LogP) is 2.51. The normalized spacial score (nSPS) is 9.38. The van der Waals surface area contributed by atoms with E-state index in [1.165, 1.54) is 12.1 Å². The number of aliphatic hydroxyl groups is 1. The van der Waals surface area contributed by atoms with Crippen LogP contribution in [0.4, 0.5) is 5.69 Å². The standard InChI is InChI=1S/C8H9NO3.C7H6O2/c10-6-5-7-1-3-8(4-2-7)9(11)12;8-7(9)6-4-2-1-3-5-6/h1-4,10H,5-6H2;1-5H,(H,8,9). The van der Waals surface area contributed by atoms with Gasteiger partial charge in [0.1, 0.15) is 0 Å². The van der Waals surface area contributed by atoms with Crippen LogP contribution >= 0.6 is 0 Å². The lowest BCUT2D eigenvalue weighted by atomic mass is 10.1. The van der Waals surface area contributed by atoms with E-state index in [1.54, 1.807) is 42.5 Å². The largest absolute Gasteiger partial charge is 0.478 e. The fourth-order valence-corrected chi connectivity index (χ4v) is 1.49. The Morgan fingerprint density at radius 3 is 2.00 bits per heavy atom. The molecule has 0 saturated heterocycles. The van der Waals surface area contributed by atoms with Crippen molar-refractivity contribution in [2.75, 3.05) is 6.61 Å². The number of hydrogen-bond acceptors (Lipinski definition) is 4. The molecule has 0 atom stereocenters. The fourth-order valence-electron chi connectivity index (χ4n) is 1.49. The van der Waals surface area contributed by atoms with Crippen LogP contribution in [0.15, 0.2) is 54.6 Å². The summed E-state index contributed by atoms with van der Waals surface area (Å²) in [4.78, 5) is 20.0. The third-order valence-corrected chi connectivity index (χ3v) is 2.57. The molecular formula is C15H15NO5. The van der Waals surface area contributed by atoms with Crippen molar-refractivity contribution in [1.82, 2.24) is 0 Å². The summed E-state index contributed by atoms with van der Waals surface area (Å²) >= 11 is 0. The number of carboxylic acid groups (broad SMARTS) is 1. The third kappa shape index (κ3) is 5.84. The number of nitro groups is 1. The van der Waals surface area contributed by atoms with E-state index in [9.17, 15) is 14.9 Å². The molecule has 0 heterocycles. The lowest BCUT2D eigenvalue weighted by Gasteiger charge is -1.95. The maximum atomic E-state index is 10.2. The first-order valence-corrected chi connectivity index (χ1v) is 6.17. The number of nitro benzene ring substituents is 1. The van der Waals surface area contributed by atoms with Gasteiger partial charge in [0.2, 0.25) is 0 Å². The minimum Gasteiger partial charge on any atom is -0.478 e. The number of non-ortho nitro benzene ring substituents is 1. The fraction of sp³-hybridized carbons (Fsp3) is 0.133. The van der Waals surface area contributed by atoms with Crippen LogP contribution in [-0.4, -0.2) is 27.7 Å². The average Bonchev–Trinajstić information content (AvgIpc) is 2.50. The van der Waals surface area contributed by atoms with Crippen LogP contribution in [0.3, 0.4) is 0 Å². The zero-order chi connectivity index (χ0) is 15.7. The van der Waals surface area contributed by atoms with Crippen LogP contribution in [-0.2, 0) is 6.42 Å². The molecule has 0 bridgehead atoms. The van der Waals surface area contributed by atoms with Gasteiger partial charge < -0.3 is 10.2 Å². The van der Waals surface area contributed by atoms with Crippen LogP contribution in [0, 0.1) is 10.1 Å². The molecular weight excluding hydrogens is 274 g/mol. The van der Waals surface area contributed by atoms with Gasteiger partial charge in [-0.15, -0.1) is 0 Å². The molecule has 2 rings (SSSR count). The molecule has 6 heteroatoms. The topological polar surface area (TPSA) is 101 Å². The van der Waals surface area contributed by atoms with Gasteiger partial charge in [-0.3, -0.25) is 10.1 Å². The summed E-state index contributed by atoms with van der Waals surface area (Å²) in [5, 5.41) is 27.2. The number of carbonyl (C=O) groups is 1. The molecule has 2 aromatic rings. The first-order chi connectivity index (χ1) is 10.0. The van der Waals surface area contributed by atoms with Gasteiger partial charge in [-0.25, -0.2) is 4.79 Å². The number of benzene rings is 2. The highest BCUT2D eigenvalue weighted by Gasteiger charge is 2.02. The van der Waals surface area contributed by atoms with Gasteiger partial charge in [-0.05, 0) is 24.1 Å². The van der Waals surface area contributed by atoms with Gasteiger partial charge >= 0.3 is 5.97 Å². The molecule has 6 nitrogen and oxygen atoms in total. The number of hydrogen-bond donors (Lipinski definition) is 2. The first-order valence-electron chi connectivity index (χ1n) is 6.17. The van der Waals surface area contributed by atoms with Gasteiger partial charge in [0, 0.05) is 18.7 Å². The molecule has 0 radical (unpaired) electrons. The van der Waals surface area contributed by atoms with E-state index in [0.29, 0.717) is 12.0 Å². The maximum absolute atomic E-state index is 10.2. The van der Waals surface area contributed by atoms with Crippen molar-refractivity contribution >= 4 is 11.7 Å². The molecule has 0 fully saturated rings. The van der Waals surface area contributed by atoms with Crippen molar-refractivity contribution < 1.29 is 19.9 Å². The van der Waals surface area contributed by atoms with Gasteiger partial charge in [0.15, 0.2) is 0 Å². The summed E-state index contributed by atoms with van der Waals surface area (Å²) in [5.41, 5.74) is 1.32. The van der Waals surface area contributed by atoms with Crippen LogP contribution in [0.2, 0.25) is 0 Å². The van der Waals surface area contributed by atoms with E-state index in [1.807, 2.05) is 0 Å². The molecule has 0 spiro atoms. The van der Waals surface area contributed by atoms with Crippen molar-refractivity contribution in [2.45, 2.75) is 6.42 Å². The Balaban J connectivity index is 0.000000219. The molecule has 0 aliphatic heterocycles. The van der Waals surface area contributed by atoms with Crippen LogP contribution in [0.1, 0.15) is 15.9 Å². The van der Waals surface area contributed by atoms with E-state index in [0.717, 1.165) is 5.56 Å². The second-order valence-corrected chi connectivity index (χ2v) is 4.07. The Morgan fingerprint density at radius 1 is 1.05 bits per heavy atom. The first kappa shape index (κ1) is 16.3. The molecule has 110 valence electrons. The Labute approximate surface area is 121 Å². The molecule has 0 aromatic heterocycles. The number of aliphatic hydroxyl groups excluding tert-OH is 1. The predicted molar refractivity (Wildman–Crippen MR) is 77.3 cm³/mol. The number of carboxylic acids is 1. The Bertz CT molecular complexity index is 581. The summed E-state index contributed by atoms with van der Waals surface area (Å²) in [5.74, 6) is -0.879. The van der Waals surface area contributed by atoms with Gasteiger partial charge in [0.25, 0.3) is 5.69 Å². The molecule has 2 aromatic carbocycles. The highest BCUT2D eigenvalue weighted by Crippen LogP contribution is 2.11. The summed E-state index contributed by atoms with van der Waals surface area (Å²) in [6, 6.07) is 14.5. The Kier molecular flexibility index (Phi) is 6.56. The van der Waals surface area contributed by atoms with E-state index in [-0.39, 0.29) is 12.3 Å². The summed E-state index contributed by atoms with van der Waals surface area (Å²) in [6.07, 6.45) is 0.540. The average molecular weight is 289 g/mol. The lowest BCUT2D eigenvalue weighted by Crippen LogP contribution is -1.93. The zero-order valence-corrected chi connectivity index (χ0v) is 11.2. The number of rotatable bonds is 4. The third-order valence-electron chi connectivity index (χ3n) is 2.57. The molecule has 0 unspecified atom stereocenters. The highest BCUT2D eigenvalue weighted by molar-refractivity contribution is 5.87. The molecule has 0 saturated carbocycles. The zero-order valence-electron chi connectivity index (χ0n) is 11.2. The molecule has 0 amide bonds. The summed E-state index contributed by atoms with van der Waals surface area (Å²) < 4.78 is 0. The van der Waals surface area contributed by atoms with Crippen LogP contribution < -0.4 is 0 Å². The van der Waals surface area contributed by atoms with Gasteiger partial charge in [0.05, 0.1) is 10.5 Å². The minimum absolute atomic E-state index is 0.0673. The van der Waals surface area contributed by atoms with Crippen molar-refractivity contribution in [2.24, 2.45) is 0 Å². The van der Waals surface area contributed by atoms with E-state index in [4.69, 9.17) is 10.2 Å². The smallest absolute Gasteiger partial charge is 0.335 e. The number of nitrogens with zero attached hydrogens (tertiary/aromatic N) is 1. The van der Waals surface area contributed by atoms with Crippen molar-refractivity contribution in [1.29, 1.82) is 0 Å². The van der Waals surface area contributed by atoms with Gasteiger partial charge in [-0.1, -0.05) is 30.3 Å². The van der Waals surface area contributed by atoms with Crippen molar-refractivity contribution in [3.63, 3.8) is 0 Å². The molecule has 0 aliphatic carbocycles. The molecule has 21 heavy (non-hydrogen) atoms. The van der Waals surface area contributed by atoms with Crippen LogP contribution in [0.25, 0.3) is 0 Å². The highest BCUT2D eigenvalue weighted by atomic mass is 16.6. The monoisotopic (exact) mass is 289 g/mol. The lowest BCUT2D eigenvalue weighted by molar-refractivity contribution is -0.384. The molecule has 2 N–H and O–H groups in total. The van der Waals surface area contributed by atoms with E-state index in [2.05, 4.69) is 0 Å². The second-order valence-electron chi connectivity index (χ2n) is 4.07. The quantitative estimate of drug-likeness (QED) is 0.665. The van der Waals surface area contributed by atoms with Crippen LogP contribution in [0.5, 0.6) is 0 Å². The summed E-state index contributed by atoms with van der Waals surface area (Å²) in [7, 11) is 0. The van der Waals surface area contributed by atoms with Crippen molar-refractivity contribution in [3.8, 4) is 0 Å². The number of aromatic carboxylic acids is 1. The maximum Gasteiger partial charge on any atom is 0.335 e. The molecule has 0 aliphatic rings. The van der Waals surface area contributed by atoms with E-state index >= 15 is 0 Å². The summed E-state index contributed by atoms with van der Waals surface area (Å²) in [6.45, 7) is 0.0673. The van der Waals surface area contributed by atoms with Crippen molar-refractivity contribution in [3.05, 3.63) is 75.8 Å². The van der Waals surface area contributed by atoms with E-state index < -0.39 is 10.9 Å².